The number of carbonyl (C=O) groups excluding carboxylic acids is 1. The average molecular weight is 264 g/mol. The van der Waals surface area contributed by atoms with Gasteiger partial charge in [0.25, 0.3) is 0 Å². The second-order valence-electron chi connectivity index (χ2n) is 3.85. The van der Waals surface area contributed by atoms with Gasteiger partial charge in [0.05, 0.1) is 10.9 Å². The lowest BCUT2D eigenvalue weighted by Crippen LogP contribution is -2.24. The van der Waals surface area contributed by atoms with Crippen LogP contribution in [0, 0.1) is 0 Å². The zero-order valence-electron chi connectivity index (χ0n) is 8.67. The van der Waals surface area contributed by atoms with Gasteiger partial charge in [-0.1, -0.05) is 6.07 Å². The van der Waals surface area contributed by atoms with Crippen LogP contribution in [0.2, 0.25) is 0 Å². The van der Waals surface area contributed by atoms with Gasteiger partial charge in [0.2, 0.25) is 5.91 Å². The molecule has 1 aliphatic rings. The normalized spacial score (nSPS) is 21.1. The van der Waals surface area contributed by atoms with Gasteiger partial charge in [-0.25, -0.2) is 0 Å². The lowest BCUT2D eigenvalue weighted by atomic mass is 10.2. The summed E-state index contributed by atoms with van der Waals surface area (Å²) in [5.41, 5.74) is -0.520. The van der Waals surface area contributed by atoms with Crippen molar-refractivity contribution < 1.29 is 18.0 Å². The van der Waals surface area contributed by atoms with Gasteiger partial charge < -0.3 is 4.90 Å². The molecule has 1 fully saturated rings. The van der Waals surface area contributed by atoms with Gasteiger partial charge in [-0.3, -0.25) is 4.79 Å². The Labute approximate surface area is 101 Å². The van der Waals surface area contributed by atoms with Crippen LogP contribution < -0.4 is 4.90 Å². The van der Waals surface area contributed by atoms with E-state index in [1.54, 1.807) is 0 Å². The molecule has 2 rings (SSSR count). The molecule has 1 aromatic carbocycles. The lowest BCUT2D eigenvalue weighted by Gasteiger charge is -2.17. The van der Waals surface area contributed by atoms with Crippen molar-refractivity contribution in [2.75, 3.05) is 11.4 Å². The van der Waals surface area contributed by atoms with Crippen molar-refractivity contribution in [3.63, 3.8) is 0 Å². The monoisotopic (exact) mass is 263 g/mol. The number of hydrogen-bond donors (Lipinski definition) is 0. The minimum Gasteiger partial charge on any atom is -0.311 e. The number of anilines is 1. The van der Waals surface area contributed by atoms with Crippen molar-refractivity contribution in [2.45, 2.75) is 18.0 Å². The van der Waals surface area contributed by atoms with Gasteiger partial charge in [0.15, 0.2) is 0 Å². The topological polar surface area (TPSA) is 20.3 Å². The number of amides is 1. The number of hydrogen-bond acceptors (Lipinski definition) is 1. The van der Waals surface area contributed by atoms with E-state index in [-0.39, 0.29) is 29.9 Å². The Hall–Kier alpha value is -1.23. The fourth-order valence-electron chi connectivity index (χ4n) is 1.76. The maximum atomic E-state index is 12.5. The van der Waals surface area contributed by atoms with E-state index in [4.69, 9.17) is 11.6 Å². The molecule has 92 valence electrons. The van der Waals surface area contributed by atoms with E-state index in [9.17, 15) is 18.0 Å². The first-order valence-corrected chi connectivity index (χ1v) is 5.43. The Morgan fingerprint density at radius 3 is 2.59 bits per heavy atom. The minimum absolute atomic E-state index is 0.164. The van der Waals surface area contributed by atoms with Crippen LogP contribution in [0.1, 0.15) is 12.0 Å². The van der Waals surface area contributed by atoms with Crippen LogP contribution in [-0.2, 0) is 11.0 Å². The highest BCUT2D eigenvalue weighted by atomic mass is 35.5. The van der Waals surface area contributed by atoms with Crippen molar-refractivity contribution in [1.29, 1.82) is 0 Å². The maximum Gasteiger partial charge on any atom is 0.416 e. The molecule has 17 heavy (non-hydrogen) atoms. The predicted octanol–water partition coefficient (Wildman–Crippen LogP) is 3.05. The molecule has 6 heteroatoms. The van der Waals surface area contributed by atoms with E-state index in [2.05, 4.69) is 0 Å². The van der Waals surface area contributed by atoms with E-state index in [0.29, 0.717) is 0 Å². The number of benzene rings is 1. The Kier molecular flexibility index (Phi) is 3.03. The lowest BCUT2D eigenvalue weighted by molar-refractivity contribution is -0.137. The fourth-order valence-corrected chi connectivity index (χ4v) is 2.03. The number of nitrogens with zero attached hydrogens (tertiary/aromatic N) is 1. The zero-order valence-corrected chi connectivity index (χ0v) is 9.42. The van der Waals surface area contributed by atoms with Gasteiger partial charge in [0, 0.05) is 18.7 Å². The summed E-state index contributed by atoms with van der Waals surface area (Å²) in [5, 5.41) is -0.336. The molecule has 0 saturated carbocycles. The summed E-state index contributed by atoms with van der Waals surface area (Å²) in [6.45, 7) is 0.252. The van der Waals surface area contributed by atoms with E-state index < -0.39 is 11.7 Å². The molecule has 0 radical (unpaired) electrons. The number of alkyl halides is 4. The SMILES string of the molecule is O=C1CC(Cl)CN1c1cccc(C(F)(F)F)c1. The maximum absolute atomic E-state index is 12.5. The van der Waals surface area contributed by atoms with Gasteiger partial charge in [-0.2, -0.15) is 13.2 Å². The van der Waals surface area contributed by atoms with E-state index in [0.717, 1.165) is 12.1 Å². The molecular formula is C11H9ClF3NO. The number of rotatable bonds is 1. The first-order chi connectivity index (χ1) is 7.88. The molecule has 0 N–H and O–H groups in total. The summed E-state index contributed by atoms with van der Waals surface area (Å²) in [6.07, 6.45) is -4.24. The molecule has 1 saturated heterocycles. The Bertz CT molecular complexity index is 447. The summed E-state index contributed by atoms with van der Waals surface area (Å²) in [6, 6.07) is 4.70. The molecule has 2 nitrogen and oxygen atoms in total. The van der Waals surface area contributed by atoms with Crippen LogP contribution in [-0.4, -0.2) is 17.8 Å². The van der Waals surface area contributed by atoms with Crippen LogP contribution in [0.3, 0.4) is 0 Å². The summed E-state index contributed by atoms with van der Waals surface area (Å²) >= 11 is 5.80. The van der Waals surface area contributed by atoms with Crippen molar-refractivity contribution in [3.8, 4) is 0 Å². The third-order valence-corrected chi connectivity index (χ3v) is 2.86. The Morgan fingerprint density at radius 2 is 2.06 bits per heavy atom. The van der Waals surface area contributed by atoms with Crippen LogP contribution in [0.25, 0.3) is 0 Å². The van der Waals surface area contributed by atoms with E-state index >= 15 is 0 Å². The first-order valence-electron chi connectivity index (χ1n) is 4.99. The summed E-state index contributed by atoms with van der Waals surface area (Å²) in [4.78, 5) is 12.8. The van der Waals surface area contributed by atoms with Crippen molar-refractivity contribution in [1.82, 2.24) is 0 Å². The third-order valence-electron chi connectivity index (χ3n) is 2.56. The van der Waals surface area contributed by atoms with Crippen LogP contribution in [0.15, 0.2) is 24.3 Å². The van der Waals surface area contributed by atoms with Crippen LogP contribution in [0.5, 0.6) is 0 Å². The number of carbonyl (C=O) groups is 1. The minimum atomic E-state index is -4.40. The van der Waals surface area contributed by atoms with Gasteiger partial charge in [0.1, 0.15) is 0 Å². The molecule has 0 aliphatic carbocycles. The molecule has 1 amide bonds. The zero-order chi connectivity index (χ0) is 12.6. The standard InChI is InChI=1S/C11H9ClF3NO/c12-8-5-10(17)16(6-8)9-3-1-2-7(4-9)11(13,14)15/h1-4,8H,5-6H2. The van der Waals surface area contributed by atoms with Crippen molar-refractivity contribution in [3.05, 3.63) is 29.8 Å². The molecule has 1 aromatic rings. The Morgan fingerprint density at radius 1 is 1.35 bits per heavy atom. The second kappa shape index (κ2) is 4.22. The third kappa shape index (κ3) is 2.54. The first kappa shape index (κ1) is 12.2. The fraction of sp³-hybridized carbons (Fsp3) is 0.364. The highest BCUT2D eigenvalue weighted by molar-refractivity contribution is 6.24. The summed E-state index contributed by atoms with van der Waals surface area (Å²) in [5.74, 6) is -0.246. The van der Waals surface area contributed by atoms with Gasteiger partial charge in [-0.15, -0.1) is 11.6 Å². The molecule has 1 unspecified atom stereocenters. The molecule has 0 bridgehead atoms. The van der Waals surface area contributed by atoms with E-state index in [1.807, 2.05) is 0 Å². The number of halogens is 4. The summed E-state index contributed by atoms with van der Waals surface area (Å²) < 4.78 is 37.5. The van der Waals surface area contributed by atoms with Crippen molar-refractivity contribution >= 4 is 23.2 Å². The largest absolute Gasteiger partial charge is 0.416 e. The Balaban J connectivity index is 2.31. The highest BCUT2D eigenvalue weighted by Gasteiger charge is 2.33. The van der Waals surface area contributed by atoms with Gasteiger partial charge >= 0.3 is 6.18 Å². The quantitative estimate of drug-likeness (QED) is 0.713. The smallest absolute Gasteiger partial charge is 0.311 e. The van der Waals surface area contributed by atoms with Crippen molar-refractivity contribution in [2.24, 2.45) is 0 Å². The average Bonchev–Trinajstić information content (AvgIpc) is 2.57. The predicted molar refractivity (Wildman–Crippen MR) is 58.1 cm³/mol. The highest BCUT2D eigenvalue weighted by Crippen LogP contribution is 2.33. The summed E-state index contributed by atoms with van der Waals surface area (Å²) in [7, 11) is 0. The molecular weight excluding hydrogens is 255 g/mol. The molecule has 1 atom stereocenters. The molecule has 1 aliphatic heterocycles. The van der Waals surface area contributed by atoms with Crippen LogP contribution >= 0.6 is 11.6 Å². The van der Waals surface area contributed by atoms with Crippen LogP contribution in [0.4, 0.5) is 18.9 Å². The molecule has 0 aromatic heterocycles. The second-order valence-corrected chi connectivity index (χ2v) is 4.47. The molecule has 0 spiro atoms. The molecule has 1 heterocycles. The van der Waals surface area contributed by atoms with E-state index in [1.165, 1.54) is 17.0 Å². The van der Waals surface area contributed by atoms with Gasteiger partial charge in [-0.05, 0) is 18.2 Å².